The average Bonchev–Trinajstić information content (AvgIpc) is 3.26. The summed E-state index contributed by atoms with van der Waals surface area (Å²) in [5, 5.41) is 19.9. The second kappa shape index (κ2) is 15.2. The molecule has 5 N–H and O–H groups in total. The van der Waals surface area contributed by atoms with E-state index in [1.54, 1.807) is 5.32 Å². The lowest BCUT2D eigenvalue weighted by Crippen LogP contribution is -2.36. The SMILES string of the molecule is O=C(O)NC(=O)COCCOCCOCCNCCCCC[C@@H]1SC[C@@H]2NC(=O)N[C@@H]21. The Hall–Kier alpha value is -1.60. The van der Waals surface area contributed by atoms with Crippen LogP contribution in [0.2, 0.25) is 0 Å². The number of carbonyl (C=O) groups excluding carboxylic acids is 2. The minimum atomic E-state index is -1.40. The maximum Gasteiger partial charge on any atom is 0.411 e. The van der Waals surface area contributed by atoms with Gasteiger partial charge in [-0.25, -0.2) is 9.59 Å². The molecular weight excluding hydrogens is 428 g/mol. The van der Waals surface area contributed by atoms with Crippen molar-refractivity contribution in [3.63, 3.8) is 0 Å². The van der Waals surface area contributed by atoms with Crippen LogP contribution in [0, 0.1) is 0 Å². The summed E-state index contributed by atoms with van der Waals surface area (Å²) in [7, 11) is 0. The molecular formula is C19H34N4O7S. The van der Waals surface area contributed by atoms with Gasteiger partial charge in [0.05, 0.1) is 45.1 Å². The number of hydrogen-bond acceptors (Lipinski definition) is 8. The molecule has 2 fully saturated rings. The Labute approximate surface area is 186 Å². The first-order chi connectivity index (χ1) is 15.1. The van der Waals surface area contributed by atoms with Crippen LogP contribution in [-0.4, -0.2) is 99.0 Å². The molecule has 11 nitrogen and oxygen atoms in total. The van der Waals surface area contributed by atoms with Crippen LogP contribution in [0.5, 0.6) is 0 Å². The molecule has 3 atom stereocenters. The summed E-state index contributed by atoms with van der Waals surface area (Å²) < 4.78 is 15.7. The second-order valence-electron chi connectivity index (χ2n) is 7.35. The van der Waals surface area contributed by atoms with E-state index in [0.717, 1.165) is 31.7 Å². The molecule has 31 heavy (non-hydrogen) atoms. The Morgan fingerprint density at radius 1 is 1.00 bits per heavy atom. The normalized spacial score (nSPS) is 22.1. The van der Waals surface area contributed by atoms with Gasteiger partial charge in [-0.05, 0) is 19.4 Å². The van der Waals surface area contributed by atoms with Gasteiger partial charge in [0.25, 0.3) is 5.91 Å². The third kappa shape index (κ3) is 11.0. The zero-order valence-corrected chi connectivity index (χ0v) is 18.5. The molecule has 0 spiro atoms. The monoisotopic (exact) mass is 462 g/mol. The van der Waals surface area contributed by atoms with Crippen LogP contribution in [0.25, 0.3) is 0 Å². The minimum absolute atomic E-state index is 0.0206. The van der Waals surface area contributed by atoms with Gasteiger partial charge in [0, 0.05) is 17.5 Å². The molecule has 0 radical (unpaired) electrons. The summed E-state index contributed by atoms with van der Waals surface area (Å²) >= 11 is 1.96. The van der Waals surface area contributed by atoms with Crippen LogP contribution >= 0.6 is 11.8 Å². The standard InChI is InChI=1S/C19H34N4O7S/c24-16(22-19(26)27)12-30-11-10-29-9-8-28-7-6-20-5-3-1-2-4-15-17-14(13-31-15)21-18(25)23-17/h14-15,17,20H,1-13H2,(H,22,24)(H,26,27)(H2,21,23,25)/t14-,15-,17-/m0/s1. The highest BCUT2D eigenvalue weighted by atomic mass is 32.2. The first-order valence-electron chi connectivity index (χ1n) is 10.7. The quantitative estimate of drug-likeness (QED) is 0.150. The van der Waals surface area contributed by atoms with Crippen LogP contribution in [0.1, 0.15) is 25.7 Å². The molecule has 0 aromatic rings. The van der Waals surface area contributed by atoms with E-state index >= 15 is 0 Å². The molecule has 2 heterocycles. The second-order valence-corrected chi connectivity index (χ2v) is 8.62. The van der Waals surface area contributed by atoms with Crippen LogP contribution in [0.4, 0.5) is 9.59 Å². The van der Waals surface area contributed by atoms with E-state index in [4.69, 9.17) is 19.3 Å². The van der Waals surface area contributed by atoms with E-state index in [2.05, 4.69) is 16.0 Å². The lowest BCUT2D eigenvalue weighted by atomic mass is 10.0. The highest BCUT2D eigenvalue weighted by Gasteiger charge is 2.42. The lowest BCUT2D eigenvalue weighted by molar-refractivity contribution is -0.125. The molecule has 0 unspecified atom stereocenters. The number of rotatable bonds is 17. The Morgan fingerprint density at radius 2 is 1.74 bits per heavy atom. The molecule has 178 valence electrons. The van der Waals surface area contributed by atoms with Crippen LogP contribution in [0.3, 0.4) is 0 Å². The van der Waals surface area contributed by atoms with Crippen molar-refractivity contribution < 1.29 is 33.7 Å². The molecule has 4 amide bonds. The minimum Gasteiger partial charge on any atom is -0.465 e. The van der Waals surface area contributed by atoms with E-state index < -0.39 is 12.0 Å². The maximum absolute atomic E-state index is 11.4. The Morgan fingerprint density at radius 3 is 2.52 bits per heavy atom. The summed E-state index contributed by atoms with van der Waals surface area (Å²) in [4.78, 5) is 32.6. The number of thioether (sulfide) groups is 1. The van der Waals surface area contributed by atoms with Crippen molar-refractivity contribution in [3.8, 4) is 0 Å². The number of fused-ring (bicyclic) bond motifs is 1. The summed E-state index contributed by atoms with van der Waals surface area (Å²) in [6.07, 6.45) is 3.24. The Bertz CT molecular complexity index is 569. The van der Waals surface area contributed by atoms with Crippen molar-refractivity contribution in [2.45, 2.75) is 43.0 Å². The van der Waals surface area contributed by atoms with Gasteiger partial charge < -0.3 is 35.3 Å². The van der Waals surface area contributed by atoms with E-state index in [-0.39, 0.29) is 19.2 Å². The molecule has 2 saturated heterocycles. The van der Waals surface area contributed by atoms with Gasteiger partial charge in [-0.2, -0.15) is 11.8 Å². The Kier molecular flexibility index (Phi) is 12.6. The van der Waals surface area contributed by atoms with Gasteiger partial charge in [0.15, 0.2) is 0 Å². The summed E-state index contributed by atoms with van der Waals surface area (Å²) in [6, 6.07) is 0.587. The van der Waals surface area contributed by atoms with Crippen molar-refractivity contribution >= 4 is 29.8 Å². The zero-order chi connectivity index (χ0) is 22.3. The molecule has 0 aromatic carbocycles. The first kappa shape index (κ1) is 25.7. The fourth-order valence-corrected chi connectivity index (χ4v) is 4.99. The molecule has 0 aromatic heterocycles. The predicted octanol–water partition coefficient (Wildman–Crippen LogP) is 0.146. The lowest BCUT2D eigenvalue weighted by Gasteiger charge is -2.16. The summed E-state index contributed by atoms with van der Waals surface area (Å²) in [5.74, 6) is 0.313. The smallest absolute Gasteiger partial charge is 0.411 e. The van der Waals surface area contributed by atoms with Gasteiger partial charge in [0.2, 0.25) is 0 Å². The molecule has 0 bridgehead atoms. The number of unbranched alkanes of at least 4 members (excludes halogenated alkanes) is 2. The summed E-state index contributed by atoms with van der Waals surface area (Å²) in [6.45, 7) is 3.50. The van der Waals surface area contributed by atoms with E-state index in [1.165, 1.54) is 12.8 Å². The fourth-order valence-electron chi connectivity index (χ4n) is 3.44. The number of imide groups is 1. The van der Waals surface area contributed by atoms with Crippen molar-refractivity contribution in [3.05, 3.63) is 0 Å². The van der Waals surface area contributed by atoms with E-state index in [9.17, 15) is 14.4 Å². The third-order valence-corrected chi connectivity index (χ3v) is 6.44. The van der Waals surface area contributed by atoms with E-state index in [0.29, 0.717) is 43.8 Å². The molecule has 12 heteroatoms. The van der Waals surface area contributed by atoms with Crippen LogP contribution in [-0.2, 0) is 19.0 Å². The highest BCUT2D eigenvalue weighted by Crippen LogP contribution is 2.33. The number of carbonyl (C=O) groups is 3. The number of urea groups is 1. The van der Waals surface area contributed by atoms with Crippen molar-refractivity contribution in [1.82, 2.24) is 21.3 Å². The zero-order valence-electron chi connectivity index (χ0n) is 17.7. The van der Waals surface area contributed by atoms with Gasteiger partial charge in [-0.1, -0.05) is 12.8 Å². The highest BCUT2D eigenvalue weighted by molar-refractivity contribution is 8.00. The molecule has 2 aliphatic rings. The average molecular weight is 463 g/mol. The molecule has 2 rings (SSSR count). The van der Waals surface area contributed by atoms with Crippen molar-refractivity contribution in [2.75, 3.05) is 58.5 Å². The molecule has 0 aliphatic carbocycles. The maximum atomic E-state index is 11.4. The molecule has 0 saturated carbocycles. The first-order valence-corrected chi connectivity index (χ1v) is 11.8. The topological polar surface area (TPSA) is 147 Å². The number of amides is 4. The number of ether oxygens (including phenoxy) is 3. The summed E-state index contributed by atoms with van der Waals surface area (Å²) in [5.41, 5.74) is 0. The Balaban J connectivity index is 1.26. The fraction of sp³-hybridized carbons (Fsp3) is 0.842. The largest absolute Gasteiger partial charge is 0.465 e. The molecule has 2 aliphatic heterocycles. The van der Waals surface area contributed by atoms with Crippen LogP contribution < -0.4 is 21.3 Å². The number of hydrogen-bond donors (Lipinski definition) is 5. The number of nitrogens with one attached hydrogen (secondary N) is 4. The van der Waals surface area contributed by atoms with E-state index in [1.807, 2.05) is 11.8 Å². The van der Waals surface area contributed by atoms with Gasteiger partial charge in [-0.15, -0.1) is 0 Å². The van der Waals surface area contributed by atoms with Crippen molar-refractivity contribution in [1.29, 1.82) is 0 Å². The number of carboxylic acid groups (broad SMARTS) is 1. The van der Waals surface area contributed by atoms with Crippen molar-refractivity contribution in [2.24, 2.45) is 0 Å². The van der Waals surface area contributed by atoms with Gasteiger partial charge in [-0.3, -0.25) is 10.1 Å². The van der Waals surface area contributed by atoms with Gasteiger partial charge >= 0.3 is 12.1 Å². The predicted molar refractivity (Wildman–Crippen MR) is 115 cm³/mol. The van der Waals surface area contributed by atoms with Crippen LogP contribution in [0.15, 0.2) is 0 Å². The third-order valence-electron chi connectivity index (χ3n) is 4.93. The van der Waals surface area contributed by atoms with Gasteiger partial charge in [0.1, 0.15) is 6.61 Å².